The summed E-state index contributed by atoms with van der Waals surface area (Å²) in [6.07, 6.45) is 4.69. The van der Waals surface area contributed by atoms with Crippen LogP contribution in [0.2, 0.25) is 0 Å². The summed E-state index contributed by atoms with van der Waals surface area (Å²) in [6, 6.07) is 8.22. The molecule has 1 N–H and O–H groups in total. The number of aliphatic carboxylic acids is 1. The van der Waals surface area contributed by atoms with E-state index in [9.17, 15) is 4.79 Å². The molecule has 0 atom stereocenters. The van der Waals surface area contributed by atoms with Crippen LogP contribution in [-0.2, 0) is 11.2 Å². The number of ether oxygens (including phenoxy) is 1. The second kappa shape index (κ2) is 7.93. The molecule has 0 heterocycles. The monoisotopic (exact) mass is 278 g/mol. The zero-order chi connectivity index (χ0) is 15.0. The van der Waals surface area contributed by atoms with Gasteiger partial charge in [0.15, 0.2) is 0 Å². The Labute approximate surface area is 122 Å². The molecular weight excluding hydrogens is 252 g/mol. The first kappa shape index (κ1) is 16.5. The van der Waals surface area contributed by atoms with Crippen molar-refractivity contribution in [2.45, 2.75) is 52.9 Å². The molecule has 0 aliphatic heterocycles. The van der Waals surface area contributed by atoms with Gasteiger partial charge in [-0.25, -0.2) is 0 Å². The van der Waals surface area contributed by atoms with E-state index in [-0.39, 0.29) is 0 Å². The summed E-state index contributed by atoms with van der Waals surface area (Å²) in [5, 5.41) is 9.01. The molecule has 0 aromatic heterocycles. The number of hydrogen-bond donors (Lipinski definition) is 1. The lowest BCUT2D eigenvalue weighted by Gasteiger charge is -2.18. The molecule has 20 heavy (non-hydrogen) atoms. The largest absolute Gasteiger partial charge is 0.494 e. The average molecular weight is 278 g/mol. The van der Waals surface area contributed by atoms with Gasteiger partial charge >= 0.3 is 5.97 Å². The molecule has 1 rings (SSSR count). The normalized spacial score (nSPS) is 11.3. The van der Waals surface area contributed by atoms with E-state index in [1.807, 2.05) is 12.1 Å². The van der Waals surface area contributed by atoms with Crippen LogP contribution in [0.4, 0.5) is 0 Å². The van der Waals surface area contributed by atoms with Crippen LogP contribution in [0, 0.1) is 5.41 Å². The average Bonchev–Trinajstić information content (AvgIpc) is 2.40. The van der Waals surface area contributed by atoms with E-state index in [0.717, 1.165) is 31.4 Å². The lowest BCUT2D eigenvalue weighted by molar-refractivity contribution is -0.147. The maximum atomic E-state index is 11.0. The van der Waals surface area contributed by atoms with Crippen LogP contribution in [0.3, 0.4) is 0 Å². The van der Waals surface area contributed by atoms with Crippen LogP contribution in [0.5, 0.6) is 5.75 Å². The number of benzene rings is 1. The third kappa shape index (κ3) is 5.64. The van der Waals surface area contributed by atoms with Crippen molar-refractivity contribution >= 4 is 5.97 Å². The van der Waals surface area contributed by atoms with Gasteiger partial charge in [-0.05, 0) is 57.2 Å². The van der Waals surface area contributed by atoms with Gasteiger partial charge in [0.05, 0.1) is 12.0 Å². The summed E-state index contributed by atoms with van der Waals surface area (Å²) in [6.45, 7) is 6.34. The summed E-state index contributed by atoms with van der Waals surface area (Å²) in [5.41, 5.74) is 0.699. The predicted molar refractivity (Wildman–Crippen MR) is 81.2 cm³/mol. The highest BCUT2D eigenvalue weighted by Crippen LogP contribution is 2.23. The molecule has 0 saturated heterocycles. The topological polar surface area (TPSA) is 46.5 Å². The number of carboxylic acid groups (broad SMARTS) is 1. The highest BCUT2D eigenvalue weighted by atomic mass is 16.5. The van der Waals surface area contributed by atoms with Gasteiger partial charge in [0.25, 0.3) is 0 Å². The van der Waals surface area contributed by atoms with Gasteiger partial charge in [-0.1, -0.05) is 25.5 Å². The van der Waals surface area contributed by atoms with Gasteiger partial charge < -0.3 is 9.84 Å². The number of carboxylic acids is 1. The Hall–Kier alpha value is -1.51. The van der Waals surface area contributed by atoms with E-state index in [0.29, 0.717) is 13.0 Å². The summed E-state index contributed by atoms with van der Waals surface area (Å²) in [4.78, 5) is 11.0. The summed E-state index contributed by atoms with van der Waals surface area (Å²) < 4.78 is 5.67. The highest BCUT2D eigenvalue weighted by molar-refractivity contribution is 5.73. The Bertz CT molecular complexity index is 407. The van der Waals surface area contributed by atoms with E-state index < -0.39 is 11.4 Å². The van der Waals surface area contributed by atoms with Crippen LogP contribution in [-0.4, -0.2) is 17.7 Å². The Kier molecular flexibility index (Phi) is 6.56. The predicted octanol–water partition coefficient (Wildman–Crippen LogP) is 4.30. The molecule has 0 fully saturated rings. The minimum atomic E-state index is -0.732. The molecule has 0 bridgehead atoms. The van der Waals surface area contributed by atoms with Crippen molar-refractivity contribution in [1.29, 1.82) is 0 Å². The van der Waals surface area contributed by atoms with Crippen molar-refractivity contribution < 1.29 is 14.6 Å². The van der Waals surface area contributed by atoms with Crippen molar-refractivity contribution in [3.8, 4) is 5.75 Å². The third-order valence-corrected chi connectivity index (χ3v) is 3.51. The number of carbonyl (C=O) groups is 1. The molecule has 0 aliphatic rings. The van der Waals surface area contributed by atoms with Gasteiger partial charge in [0.1, 0.15) is 5.75 Å². The van der Waals surface area contributed by atoms with E-state index in [1.165, 1.54) is 5.56 Å². The van der Waals surface area contributed by atoms with Crippen LogP contribution < -0.4 is 4.74 Å². The van der Waals surface area contributed by atoms with Gasteiger partial charge in [-0.15, -0.1) is 0 Å². The fourth-order valence-corrected chi connectivity index (χ4v) is 2.01. The first-order chi connectivity index (χ1) is 9.45. The second-order valence-corrected chi connectivity index (χ2v) is 5.89. The number of aryl methyl sites for hydroxylation is 1. The van der Waals surface area contributed by atoms with E-state index in [2.05, 4.69) is 19.1 Å². The fourth-order valence-electron chi connectivity index (χ4n) is 2.01. The molecule has 0 saturated carbocycles. The molecule has 0 radical (unpaired) electrons. The molecular formula is C17H26O3. The molecule has 0 aliphatic carbocycles. The lowest BCUT2D eigenvalue weighted by Crippen LogP contribution is -2.23. The Balaban J connectivity index is 2.23. The van der Waals surface area contributed by atoms with Crippen LogP contribution in [0.15, 0.2) is 24.3 Å². The lowest BCUT2D eigenvalue weighted by atomic mass is 9.87. The van der Waals surface area contributed by atoms with Crippen LogP contribution in [0.1, 0.15) is 52.0 Å². The third-order valence-electron chi connectivity index (χ3n) is 3.51. The van der Waals surface area contributed by atoms with Gasteiger partial charge in [0.2, 0.25) is 0 Å². The van der Waals surface area contributed by atoms with Crippen LogP contribution >= 0.6 is 0 Å². The molecule has 1 aromatic rings. The minimum Gasteiger partial charge on any atom is -0.494 e. The minimum absolute atomic E-state index is 0.637. The maximum Gasteiger partial charge on any atom is 0.309 e. The van der Waals surface area contributed by atoms with Crippen molar-refractivity contribution in [2.24, 2.45) is 5.41 Å². The molecule has 0 unspecified atom stereocenters. The first-order valence-corrected chi connectivity index (χ1v) is 7.41. The molecule has 1 aromatic carbocycles. The zero-order valence-electron chi connectivity index (χ0n) is 12.8. The first-order valence-electron chi connectivity index (χ1n) is 7.41. The zero-order valence-corrected chi connectivity index (χ0v) is 12.8. The smallest absolute Gasteiger partial charge is 0.309 e. The maximum absolute atomic E-state index is 11.0. The highest BCUT2D eigenvalue weighted by Gasteiger charge is 2.25. The number of hydrogen-bond acceptors (Lipinski definition) is 2. The quantitative estimate of drug-likeness (QED) is 0.685. The second-order valence-electron chi connectivity index (χ2n) is 5.89. The Morgan fingerprint density at radius 1 is 1.20 bits per heavy atom. The van der Waals surface area contributed by atoms with Crippen molar-refractivity contribution in [1.82, 2.24) is 0 Å². The fraction of sp³-hybridized carbons (Fsp3) is 0.588. The molecule has 3 heteroatoms. The van der Waals surface area contributed by atoms with Crippen LogP contribution in [0.25, 0.3) is 0 Å². The summed E-state index contributed by atoms with van der Waals surface area (Å²) in [5.74, 6) is 0.160. The Morgan fingerprint density at radius 3 is 2.40 bits per heavy atom. The standard InChI is InChI=1S/C17H26O3/c1-4-7-14-8-10-15(11-9-14)20-13-6-5-12-17(2,3)16(18)19/h8-11H,4-7,12-13H2,1-3H3,(H,18,19). The van der Waals surface area contributed by atoms with Crippen molar-refractivity contribution in [2.75, 3.05) is 6.61 Å². The molecule has 0 amide bonds. The van der Waals surface area contributed by atoms with E-state index in [4.69, 9.17) is 9.84 Å². The molecule has 3 nitrogen and oxygen atoms in total. The van der Waals surface area contributed by atoms with E-state index in [1.54, 1.807) is 13.8 Å². The molecule has 112 valence electrons. The van der Waals surface area contributed by atoms with Crippen molar-refractivity contribution in [3.05, 3.63) is 29.8 Å². The van der Waals surface area contributed by atoms with Crippen molar-refractivity contribution in [3.63, 3.8) is 0 Å². The summed E-state index contributed by atoms with van der Waals surface area (Å²) >= 11 is 0. The molecule has 0 spiro atoms. The van der Waals surface area contributed by atoms with Gasteiger partial charge in [-0.3, -0.25) is 4.79 Å². The summed E-state index contributed by atoms with van der Waals surface area (Å²) in [7, 11) is 0. The number of unbranched alkanes of at least 4 members (excludes halogenated alkanes) is 1. The Morgan fingerprint density at radius 2 is 1.85 bits per heavy atom. The number of rotatable bonds is 9. The van der Waals surface area contributed by atoms with E-state index >= 15 is 0 Å². The van der Waals surface area contributed by atoms with Gasteiger partial charge in [0, 0.05) is 0 Å². The van der Waals surface area contributed by atoms with Gasteiger partial charge in [-0.2, -0.15) is 0 Å². The SMILES string of the molecule is CCCc1ccc(OCCCCC(C)(C)C(=O)O)cc1.